The zero-order valence-electron chi connectivity index (χ0n) is 16.9. The number of hydrogen-bond donors (Lipinski definition) is 3. The number of carbonyl (C=O) groups is 1. The Kier molecular flexibility index (Phi) is 5.60. The van der Waals surface area contributed by atoms with Crippen LogP contribution in [0.2, 0.25) is 0 Å². The van der Waals surface area contributed by atoms with E-state index in [2.05, 4.69) is 21.7 Å². The molecule has 0 fully saturated rings. The maximum atomic E-state index is 12.5. The molecule has 0 unspecified atom stereocenters. The number of carbonyl (C=O) groups excluding carboxylic acids is 1. The minimum absolute atomic E-state index is 0.00173. The lowest BCUT2D eigenvalue weighted by Crippen LogP contribution is -2.40. The van der Waals surface area contributed by atoms with Gasteiger partial charge < -0.3 is 25.1 Å². The van der Waals surface area contributed by atoms with Crippen LogP contribution >= 0.6 is 0 Å². The summed E-state index contributed by atoms with van der Waals surface area (Å²) in [7, 11) is 3.34. The first kappa shape index (κ1) is 19.2. The van der Waals surface area contributed by atoms with Crippen LogP contribution in [0, 0.1) is 0 Å². The van der Waals surface area contributed by atoms with Gasteiger partial charge in [-0.1, -0.05) is 12.1 Å². The van der Waals surface area contributed by atoms with Crippen molar-refractivity contribution in [1.29, 1.82) is 0 Å². The average molecular weight is 393 g/mol. The first-order valence-electron chi connectivity index (χ1n) is 10.0. The second-order valence-corrected chi connectivity index (χ2v) is 7.37. The highest BCUT2D eigenvalue weighted by molar-refractivity contribution is 5.87. The van der Waals surface area contributed by atoms with Gasteiger partial charge in [0, 0.05) is 23.1 Å². The Morgan fingerprint density at radius 1 is 1.10 bits per heavy atom. The van der Waals surface area contributed by atoms with Crippen molar-refractivity contribution in [2.75, 3.05) is 20.8 Å². The zero-order valence-corrected chi connectivity index (χ0v) is 16.9. The summed E-state index contributed by atoms with van der Waals surface area (Å²) in [4.78, 5) is 16.0. The van der Waals surface area contributed by atoms with Gasteiger partial charge in [0.15, 0.2) is 0 Å². The third-order valence-electron chi connectivity index (χ3n) is 5.58. The third-order valence-corrected chi connectivity index (χ3v) is 5.58. The van der Waals surface area contributed by atoms with Crippen LogP contribution in [0.1, 0.15) is 35.7 Å². The van der Waals surface area contributed by atoms with Crippen molar-refractivity contribution >= 4 is 16.9 Å². The maximum Gasteiger partial charge on any atom is 0.315 e. The van der Waals surface area contributed by atoms with E-state index in [1.54, 1.807) is 14.2 Å². The predicted molar refractivity (Wildman–Crippen MR) is 114 cm³/mol. The average Bonchev–Trinajstić information content (AvgIpc) is 3.13. The standard InChI is InChI=1S/C23H27N3O3/c1-28-16-8-6-15(7-9-16)12-13-24-23(27)26-21-5-3-4-18-19-14-17(29-2)10-11-20(19)25-22(18)21/h6-11,14,21,25H,3-5,12-13H2,1-2H3,(H2,24,26,27)/t21-/m0/s1. The molecule has 4 rings (SSSR count). The molecule has 2 aromatic carbocycles. The number of ether oxygens (including phenoxy) is 2. The highest BCUT2D eigenvalue weighted by Gasteiger charge is 2.25. The van der Waals surface area contributed by atoms with Crippen molar-refractivity contribution in [2.45, 2.75) is 31.7 Å². The molecule has 2 amide bonds. The van der Waals surface area contributed by atoms with E-state index in [-0.39, 0.29) is 12.1 Å². The molecule has 1 aliphatic rings. The summed E-state index contributed by atoms with van der Waals surface area (Å²) in [5.41, 5.74) is 4.65. The lowest BCUT2D eigenvalue weighted by Gasteiger charge is -2.24. The molecule has 3 aromatic rings. The van der Waals surface area contributed by atoms with Crippen molar-refractivity contribution < 1.29 is 14.3 Å². The molecule has 0 radical (unpaired) electrons. The second-order valence-electron chi connectivity index (χ2n) is 7.37. The topological polar surface area (TPSA) is 75.4 Å². The van der Waals surface area contributed by atoms with Crippen LogP contribution in [0.25, 0.3) is 10.9 Å². The van der Waals surface area contributed by atoms with Gasteiger partial charge in [0.1, 0.15) is 11.5 Å². The van der Waals surface area contributed by atoms with E-state index < -0.39 is 0 Å². The minimum Gasteiger partial charge on any atom is -0.497 e. The highest BCUT2D eigenvalue weighted by atomic mass is 16.5. The summed E-state index contributed by atoms with van der Waals surface area (Å²) in [6, 6.07) is 13.8. The molecule has 1 aliphatic carbocycles. The normalized spacial score (nSPS) is 15.6. The SMILES string of the molecule is COc1ccc(CCNC(=O)N[C@H]2CCCc3c2[nH]c2ccc(OC)cc32)cc1. The van der Waals surface area contributed by atoms with Crippen LogP contribution in [0.5, 0.6) is 11.5 Å². The van der Waals surface area contributed by atoms with Gasteiger partial charge in [-0.05, 0) is 67.1 Å². The number of H-pyrrole nitrogens is 1. The predicted octanol–water partition coefficient (Wildman–Crippen LogP) is 4.10. The zero-order chi connectivity index (χ0) is 20.2. The molecule has 1 aromatic heterocycles. The Morgan fingerprint density at radius 3 is 2.62 bits per heavy atom. The molecule has 0 bridgehead atoms. The Bertz CT molecular complexity index is 995. The highest BCUT2D eigenvalue weighted by Crippen LogP contribution is 2.36. The minimum atomic E-state index is -0.132. The summed E-state index contributed by atoms with van der Waals surface area (Å²) >= 11 is 0. The number of amides is 2. The van der Waals surface area contributed by atoms with E-state index in [0.29, 0.717) is 6.54 Å². The number of aryl methyl sites for hydroxylation is 1. The largest absolute Gasteiger partial charge is 0.497 e. The fraction of sp³-hybridized carbons (Fsp3) is 0.348. The Labute approximate surface area is 170 Å². The van der Waals surface area contributed by atoms with Gasteiger partial charge in [-0.25, -0.2) is 4.79 Å². The molecule has 0 saturated heterocycles. The van der Waals surface area contributed by atoms with Crippen LogP contribution < -0.4 is 20.1 Å². The monoisotopic (exact) mass is 393 g/mol. The van der Waals surface area contributed by atoms with Crippen LogP contribution in [0.15, 0.2) is 42.5 Å². The number of urea groups is 1. The molecule has 152 valence electrons. The van der Waals surface area contributed by atoms with Crippen molar-refractivity contribution in [2.24, 2.45) is 0 Å². The molecule has 3 N–H and O–H groups in total. The van der Waals surface area contributed by atoms with E-state index in [0.717, 1.165) is 54.0 Å². The lowest BCUT2D eigenvalue weighted by atomic mass is 9.92. The van der Waals surface area contributed by atoms with Crippen molar-refractivity contribution in [3.05, 3.63) is 59.3 Å². The quantitative estimate of drug-likeness (QED) is 0.590. The summed E-state index contributed by atoms with van der Waals surface area (Å²) in [5, 5.41) is 7.30. The first-order chi connectivity index (χ1) is 14.2. The number of methoxy groups -OCH3 is 2. The molecule has 6 heteroatoms. The lowest BCUT2D eigenvalue weighted by molar-refractivity contribution is 0.235. The number of fused-ring (bicyclic) bond motifs is 3. The summed E-state index contributed by atoms with van der Waals surface area (Å²) in [5.74, 6) is 1.69. The van der Waals surface area contributed by atoms with E-state index in [1.165, 1.54) is 10.9 Å². The molecule has 1 atom stereocenters. The molecular formula is C23H27N3O3. The Balaban J connectivity index is 1.38. The summed E-state index contributed by atoms with van der Waals surface area (Å²) in [6.45, 7) is 0.585. The fourth-order valence-corrected chi connectivity index (χ4v) is 4.03. The van der Waals surface area contributed by atoms with Gasteiger partial charge in [-0.15, -0.1) is 0 Å². The van der Waals surface area contributed by atoms with Gasteiger partial charge in [0.25, 0.3) is 0 Å². The van der Waals surface area contributed by atoms with Crippen LogP contribution in [0.4, 0.5) is 4.79 Å². The van der Waals surface area contributed by atoms with Crippen molar-refractivity contribution in [3.8, 4) is 11.5 Å². The van der Waals surface area contributed by atoms with Crippen LogP contribution in [-0.4, -0.2) is 31.8 Å². The van der Waals surface area contributed by atoms with E-state index in [1.807, 2.05) is 36.4 Å². The third kappa shape index (κ3) is 4.16. The van der Waals surface area contributed by atoms with Crippen molar-refractivity contribution in [1.82, 2.24) is 15.6 Å². The number of rotatable bonds is 6. The maximum absolute atomic E-state index is 12.5. The number of benzene rings is 2. The van der Waals surface area contributed by atoms with Gasteiger partial charge in [-0.3, -0.25) is 0 Å². The second kappa shape index (κ2) is 8.47. The van der Waals surface area contributed by atoms with Gasteiger partial charge in [0.2, 0.25) is 0 Å². The van der Waals surface area contributed by atoms with Crippen molar-refractivity contribution in [3.63, 3.8) is 0 Å². The first-order valence-corrected chi connectivity index (χ1v) is 10.0. The number of aromatic amines is 1. The number of hydrogen-bond acceptors (Lipinski definition) is 3. The number of aromatic nitrogens is 1. The van der Waals surface area contributed by atoms with Gasteiger partial charge in [-0.2, -0.15) is 0 Å². The van der Waals surface area contributed by atoms with Gasteiger partial charge in [0.05, 0.1) is 20.3 Å². The summed E-state index contributed by atoms with van der Waals surface area (Å²) in [6.07, 6.45) is 3.77. The van der Waals surface area contributed by atoms with Crippen LogP contribution in [-0.2, 0) is 12.8 Å². The fourth-order valence-electron chi connectivity index (χ4n) is 4.03. The molecule has 1 heterocycles. The van der Waals surface area contributed by atoms with Gasteiger partial charge >= 0.3 is 6.03 Å². The molecule has 6 nitrogen and oxygen atoms in total. The molecule has 0 aliphatic heterocycles. The molecular weight excluding hydrogens is 366 g/mol. The van der Waals surface area contributed by atoms with E-state index in [4.69, 9.17) is 9.47 Å². The molecule has 29 heavy (non-hydrogen) atoms. The summed E-state index contributed by atoms with van der Waals surface area (Å²) < 4.78 is 10.5. The molecule has 0 spiro atoms. The van der Waals surface area contributed by atoms with Crippen LogP contribution in [0.3, 0.4) is 0 Å². The number of nitrogens with one attached hydrogen (secondary N) is 3. The Morgan fingerprint density at radius 2 is 1.86 bits per heavy atom. The van der Waals surface area contributed by atoms with E-state index in [9.17, 15) is 4.79 Å². The van der Waals surface area contributed by atoms with E-state index >= 15 is 0 Å². The smallest absolute Gasteiger partial charge is 0.315 e. The Hall–Kier alpha value is -3.15. The molecule has 0 saturated carbocycles.